The summed E-state index contributed by atoms with van der Waals surface area (Å²) in [5.41, 5.74) is 2.96. The van der Waals surface area contributed by atoms with E-state index >= 15 is 0 Å². The van der Waals surface area contributed by atoms with Gasteiger partial charge in [-0.05, 0) is 56.5 Å². The van der Waals surface area contributed by atoms with Gasteiger partial charge in [-0.25, -0.2) is 9.78 Å². The van der Waals surface area contributed by atoms with E-state index < -0.39 is 5.60 Å². The number of piperazine rings is 1. The normalized spacial score (nSPS) is 13.5. The SMILES string of the molecule is CN(CCc1ccccc1)C(=O)c1ccc(-c2cnc(N3CCN(C(=O)OC(C)(C)C)CC3)c(C#N)c2)cc1Cl. The molecule has 1 saturated heterocycles. The number of ether oxygens (including phenoxy) is 1. The van der Waals surface area contributed by atoms with Crippen molar-refractivity contribution in [2.45, 2.75) is 32.8 Å². The summed E-state index contributed by atoms with van der Waals surface area (Å²) in [5, 5.41) is 10.2. The van der Waals surface area contributed by atoms with Crippen LogP contribution in [0.5, 0.6) is 0 Å². The summed E-state index contributed by atoms with van der Waals surface area (Å²) in [6.45, 7) is 8.15. The molecule has 0 bridgehead atoms. The molecule has 0 spiro atoms. The van der Waals surface area contributed by atoms with Crippen LogP contribution in [-0.2, 0) is 11.2 Å². The van der Waals surface area contributed by atoms with Crippen LogP contribution in [0.3, 0.4) is 0 Å². The van der Waals surface area contributed by atoms with Crippen LogP contribution in [-0.4, -0.2) is 72.2 Å². The molecule has 1 fully saturated rings. The molecule has 0 aliphatic carbocycles. The Morgan fingerprint density at radius 1 is 1.05 bits per heavy atom. The van der Waals surface area contributed by atoms with Crippen LogP contribution < -0.4 is 4.90 Å². The van der Waals surface area contributed by atoms with Crippen molar-refractivity contribution in [1.29, 1.82) is 5.26 Å². The van der Waals surface area contributed by atoms with Gasteiger partial charge in [0.25, 0.3) is 5.91 Å². The average molecular weight is 560 g/mol. The van der Waals surface area contributed by atoms with E-state index in [1.54, 1.807) is 41.2 Å². The summed E-state index contributed by atoms with van der Waals surface area (Å²) >= 11 is 6.56. The van der Waals surface area contributed by atoms with E-state index in [2.05, 4.69) is 11.1 Å². The predicted octanol–water partition coefficient (Wildman–Crippen LogP) is 5.65. The fourth-order valence-electron chi connectivity index (χ4n) is 4.49. The van der Waals surface area contributed by atoms with Crippen LogP contribution in [0, 0.1) is 11.3 Å². The number of amides is 2. The lowest BCUT2D eigenvalue weighted by Crippen LogP contribution is -2.50. The molecule has 40 heavy (non-hydrogen) atoms. The lowest BCUT2D eigenvalue weighted by Gasteiger charge is -2.36. The van der Waals surface area contributed by atoms with E-state index in [4.69, 9.17) is 16.3 Å². The topological polar surface area (TPSA) is 89.8 Å². The van der Waals surface area contributed by atoms with Gasteiger partial charge in [0.05, 0.1) is 16.1 Å². The second kappa shape index (κ2) is 12.4. The highest BCUT2D eigenvalue weighted by atomic mass is 35.5. The van der Waals surface area contributed by atoms with Gasteiger partial charge in [0.1, 0.15) is 17.5 Å². The Labute approximate surface area is 240 Å². The minimum Gasteiger partial charge on any atom is -0.444 e. The van der Waals surface area contributed by atoms with Crippen LogP contribution >= 0.6 is 11.6 Å². The monoisotopic (exact) mass is 559 g/mol. The largest absolute Gasteiger partial charge is 0.444 e. The van der Waals surface area contributed by atoms with Gasteiger partial charge in [-0.2, -0.15) is 5.26 Å². The second-order valence-corrected chi connectivity index (χ2v) is 11.2. The molecular formula is C31H34ClN5O3. The summed E-state index contributed by atoms with van der Waals surface area (Å²) < 4.78 is 5.47. The van der Waals surface area contributed by atoms with Crippen LogP contribution in [0.2, 0.25) is 5.02 Å². The third kappa shape index (κ3) is 7.10. The first-order valence-corrected chi connectivity index (χ1v) is 13.7. The molecule has 0 radical (unpaired) electrons. The highest BCUT2D eigenvalue weighted by molar-refractivity contribution is 6.34. The highest BCUT2D eigenvalue weighted by Gasteiger charge is 2.27. The van der Waals surface area contributed by atoms with Crippen LogP contribution in [0.25, 0.3) is 11.1 Å². The van der Waals surface area contributed by atoms with Gasteiger partial charge in [0.2, 0.25) is 0 Å². The van der Waals surface area contributed by atoms with Gasteiger partial charge in [-0.3, -0.25) is 4.79 Å². The Hall–Kier alpha value is -4.09. The van der Waals surface area contributed by atoms with Gasteiger partial charge in [0.15, 0.2) is 0 Å². The summed E-state index contributed by atoms with van der Waals surface area (Å²) in [6.07, 6.45) is 2.12. The molecule has 0 N–H and O–H groups in total. The fraction of sp³-hybridized carbons (Fsp3) is 0.355. The van der Waals surface area contributed by atoms with Crippen LogP contribution in [0.4, 0.5) is 10.6 Å². The smallest absolute Gasteiger partial charge is 0.410 e. The maximum Gasteiger partial charge on any atom is 0.410 e. The maximum atomic E-state index is 13.0. The number of benzene rings is 2. The fourth-order valence-corrected chi connectivity index (χ4v) is 4.76. The van der Waals surface area contributed by atoms with Gasteiger partial charge >= 0.3 is 6.09 Å². The lowest BCUT2D eigenvalue weighted by molar-refractivity contribution is 0.0240. The number of carbonyl (C=O) groups excluding carboxylic acids is 2. The number of pyridine rings is 1. The first-order chi connectivity index (χ1) is 19.1. The third-order valence-electron chi connectivity index (χ3n) is 6.68. The first kappa shape index (κ1) is 28.9. The number of nitrogens with zero attached hydrogens (tertiary/aromatic N) is 5. The molecule has 208 valence electrons. The number of hydrogen-bond donors (Lipinski definition) is 0. The number of carbonyl (C=O) groups is 2. The molecule has 2 aromatic carbocycles. The number of aromatic nitrogens is 1. The molecule has 9 heteroatoms. The average Bonchev–Trinajstić information content (AvgIpc) is 2.95. The van der Waals surface area contributed by atoms with Crippen molar-refractivity contribution in [3.05, 3.63) is 82.5 Å². The summed E-state index contributed by atoms with van der Waals surface area (Å²) in [4.78, 5) is 35.4. The van der Waals surface area contributed by atoms with E-state index in [9.17, 15) is 14.9 Å². The van der Waals surface area contributed by atoms with Gasteiger partial charge in [-0.15, -0.1) is 0 Å². The molecule has 0 saturated carbocycles. The molecule has 3 aromatic rings. The molecule has 4 rings (SSSR count). The van der Waals surface area contributed by atoms with Crippen molar-refractivity contribution in [1.82, 2.24) is 14.8 Å². The Morgan fingerprint density at radius 2 is 1.75 bits per heavy atom. The van der Waals surface area contributed by atoms with Crippen LogP contribution in [0.1, 0.15) is 42.3 Å². The highest BCUT2D eigenvalue weighted by Crippen LogP contribution is 2.29. The number of likely N-dealkylation sites (N-methyl/N-ethyl adjacent to an activating group) is 1. The Morgan fingerprint density at radius 3 is 2.38 bits per heavy atom. The Kier molecular flexibility index (Phi) is 8.96. The zero-order valence-electron chi connectivity index (χ0n) is 23.4. The summed E-state index contributed by atoms with van der Waals surface area (Å²) in [6, 6.07) is 19.3. The number of hydrogen-bond acceptors (Lipinski definition) is 6. The number of rotatable bonds is 6. The summed E-state index contributed by atoms with van der Waals surface area (Å²) in [7, 11) is 1.77. The van der Waals surface area contributed by atoms with E-state index in [-0.39, 0.29) is 12.0 Å². The first-order valence-electron chi connectivity index (χ1n) is 13.3. The van der Waals surface area contributed by atoms with Crippen molar-refractivity contribution in [2.24, 2.45) is 0 Å². The zero-order valence-corrected chi connectivity index (χ0v) is 24.1. The molecule has 1 aliphatic heterocycles. The number of halogens is 1. The van der Waals surface area contributed by atoms with E-state index in [0.29, 0.717) is 54.7 Å². The Bertz CT molecular complexity index is 1410. The molecule has 2 amide bonds. The summed E-state index contributed by atoms with van der Waals surface area (Å²) in [5.74, 6) is 0.428. The number of nitriles is 1. The maximum absolute atomic E-state index is 13.0. The standard InChI is InChI=1S/C31H34ClN5O3/c1-31(2,3)40-30(39)37-16-14-36(15-17-37)28-24(20-33)18-25(21-34-28)23-10-11-26(27(32)19-23)29(38)35(4)13-12-22-8-6-5-7-9-22/h5-11,18-19,21H,12-17H2,1-4H3. The van der Waals surface area contributed by atoms with Crippen molar-refractivity contribution < 1.29 is 14.3 Å². The van der Waals surface area contributed by atoms with E-state index in [1.165, 1.54) is 0 Å². The predicted molar refractivity (Wildman–Crippen MR) is 157 cm³/mol. The third-order valence-corrected chi connectivity index (χ3v) is 6.99. The zero-order chi connectivity index (χ0) is 28.9. The van der Waals surface area contributed by atoms with Gasteiger partial charge in [0, 0.05) is 51.5 Å². The van der Waals surface area contributed by atoms with E-state index in [1.807, 2.05) is 62.1 Å². The molecular weight excluding hydrogens is 526 g/mol. The quantitative estimate of drug-likeness (QED) is 0.388. The second-order valence-electron chi connectivity index (χ2n) is 10.8. The van der Waals surface area contributed by atoms with Crippen molar-refractivity contribution in [2.75, 3.05) is 44.7 Å². The van der Waals surface area contributed by atoms with Crippen molar-refractivity contribution in [3.8, 4) is 17.2 Å². The minimum absolute atomic E-state index is 0.149. The molecule has 0 unspecified atom stereocenters. The van der Waals surface area contributed by atoms with Crippen molar-refractivity contribution >= 4 is 29.4 Å². The molecule has 2 heterocycles. The lowest BCUT2D eigenvalue weighted by atomic mass is 10.0. The minimum atomic E-state index is -0.549. The molecule has 1 aliphatic rings. The number of anilines is 1. The van der Waals surface area contributed by atoms with Crippen molar-refractivity contribution in [3.63, 3.8) is 0 Å². The van der Waals surface area contributed by atoms with Gasteiger partial charge in [-0.1, -0.05) is 48.0 Å². The van der Waals surface area contributed by atoms with E-state index in [0.717, 1.165) is 23.1 Å². The van der Waals surface area contributed by atoms with Crippen LogP contribution in [0.15, 0.2) is 60.8 Å². The molecule has 8 nitrogen and oxygen atoms in total. The molecule has 0 atom stereocenters. The van der Waals surface area contributed by atoms with Gasteiger partial charge < -0.3 is 19.4 Å². The molecule has 1 aromatic heterocycles. The Balaban J connectivity index is 1.43.